The molecule has 5 fully saturated rings. The number of rotatable bonds is 18. The molecule has 25 atom stereocenters. The van der Waals surface area contributed by atoms with Gasteiger partial charge in [0.15, 0.2) is 31.4 Å². The molecule has 0 saturated carbocycles. The molecule has 5 aliphatic heterocycles. The van der Waals surface area contributed by atoms with Gasteiger partial charge >= 0.3 is 20.9 Å². The van der Waals surface area contributed by atoms with Crippen molar-refractivity contribution in [1.82, 2.24) is 16.0 Å². The molecule has 3 amide bonds. The molecule has 400 valence electrons. The van der Waals surface area contributed by atoms with Gasteiger partial charge in [-0.2, -0.15) is 0 Å². The minimum absolute atomic E-state index is 0.315. The Kier molecular flexibility index (Phi) is 23.4. The van der Waals surface area contributed by atoms with Crippen molar-refractivity contribution in [2.24, 2.45) is 0 Å². The molecule has 30 nitrogen and oxygen atoms in total. The summed E-state index contributed by atoms with van der Waals surface area (Å²) in [7, 11) is 2.43. The number of hydrogen-bond donors (Lipinski definition) is 16. The fourth-order valence-electron chi connectivity index (χ4n) is 8.50. The van der Waals surface area contributed by atoms with Crippen molar-refractivity contribution in [2.45, 2.75) is 174 Å². The molecule has 5 heterocycles. The molecule has 5 saturated heterocycles. The van der Waals surface area contributed by atoms with Crippen molar-refractivity contribution in [3.05, 3.63) is 0 Å². The van der Waals surface area contributed by atoms with Gasteiger partial charge in [-0.1, -0.05) is 0 Å². The molecule has 5 rings (SSSR count). The van der Waals surface area contributed by atoms with Crippen LogP contribution in [0.3, 0.4) is 0 Å². The normalized spacial score (nSPS) is 44.8. The molecule has 16 N–H and O–H groups in total. The van der Waals surface area contributed by atoms with Crippen LogP contribution in [0, 0.1) is 4.28 Å². The first-order chi connectivity index (χ1) is 32.7. The Morgan fingerprint density at radius 1 is 0.464 bits per heavy atom. The van der Waals surface area contributed by atoms with Crippen LogP contribution in [-0.4, -0.2) is 296 Å². The van der Waals surface area contributed by atoms with Gasteiger partial charge in [0.05, 0.1) is 33.0 Å². The first-order valence-corrected chi connectivity index (χ1v) is 22.6. The Bertz CT molecular complexity index is 1620. The van der Waals surface area contributed by atoms with Crippen molar-refractivity contribution < 1.29 is 128 Å². The summed E-state index contributed by atoms with van der Waals surface area (Å²) in [4.78, 5) is 36.6. The summed E-state index contributed by atoms with van der Waals surface area (Å²) in [5, 5.41) is 138. The van der Waals surface area contributed by atoms with E-state index >= 15 is 0 Å². The van der Waals surface area contributed by atoms with E-state index in [-0.39, 0.29) is 6.61 Å². The van der Waals surface area contributed by atoms with Crippen LogP contribution in [0.15, 0.2) is 0 Å². The molecule has 5 aliphatic rings. The Labute approximate surface area is 403 Å². The molecule has 31 heteroatoms. The number of nitrogens with one attached hydrogen (secondary N) is 4. The van der Waals surface area contributed by atoms with E-state index in [9.17, 15) is 75.7 Å². The average Bonchev–Trinajstić information content (AvgIpc) is 3.31. The minimum atomic E-state index is -2.14. The predicted molar refractivity (Wildman–Crippen MR) is 221 cm³/mol. The quantitative estimate of drug-likeness (QED) is 0.0567. The summed E-state index contributed by atoms with van der Waals surface area (Å²) in [6, 6.07) is -3.05. The Morgan fingerprint density at radius 2 is 0.899 bits per heavy atom. The second-order valence-corrected chi connectivity index (χ2v) is 16.7. The van der Waals surface area contributed by atoms with Crippen LogP contribution < -0.4 is 16.0 Å². The molecular formula is C38H67AsN4O26. The van der Waals surface area contributed by atoms with E-state index in [1.165, 1.54) is 30.9 Å². The maximum atomic E-state index is 12.6. The van der Waals surface area contributed by atoms with E-state index in [4.69, 9.17) is 56.4 Å². The van der Waals surface area contributed by atoms with Crippen LogP contribution in [0.2, 0.25) is 0 Å². The monoisotopic (exact) mass is 1070 g/mol. The summed E-state index contributed by atoms with van der Waals surface area (Å²) < 4.78 is 68.4. The van der Waals surface area contributed by atoms with Gasteiger partial charge in [0.25, 0.3) is 0 Å². The van der Waals surface area contributed by atoms with Crippen LogP contribution in [-0.2, 0) is 66.5 Å². The third kappa shape index (κ3) is 14.1. The zero-order chi connectivity index (χ0) is 51.6. The average molecular weight is 1070 g/mol. The third-order valence-corrected chi connectivity index (χ3v) is 11.9. The Hall–Kier alpha value is -2.15. The van der Waals surface area contributed by atoms with Crippen LogP contribution in [0.25, 0.3) is 0 Å². The van der Waals surface area contributed by atoms with Gasteiger partial charge in [-0.15, -0.1) is 0 Å². The van der Waals surface area contributed by atoms with Gasteiger partial charge in [0.2, 0.25) is 17.7 Å². The number of hydrogen-bond acceptors (Lipinski definition) is 27. The van der Waals surface area contributed by atoms with E-state index in [2.05, 4.69) is 16.0 Å². The van der Waals surface area contributed by atoms with E-state index in [1.807, 2.05) is 0 Å². The standard InChI is InChI=1S/C38H65N3O26.AsH2N/c1-11(45)39-19-24(51)30(15(7-43)60-34(19)41-13(3)47)65-35-20(40-12(2)46)25(52)31(16(8-44)62-35)66-38-29(56)33(67-37-27(54)26(53)21(48)17(63-37)9-57-4)23(50)18(64-38)10-59-36-28(55)32(58-5)22(49)14(6-42)61-36;1-2/h14-38,42-44,48-56H,6-10H2,1-5H3,(H,39,45)(H,40,46)(H,41,47);1-2H. The molecule has 0 bridgehead atoms. The maximum absolute atomic E-state index is 12.6. The van der Waals surface area contributed by atoms with Crippen molar-refractivity contribution >= 4 is 34.4 Å². The predicted octanol–water partition coefficient (Wildman–Crippen LogP) is -10.5. The van der Waals surface area contributed by atoms with E-state index < -0.39 is 197 Å². The summed E-state index contributed by atoms with van der Waals surface area (Å²) in [6.45, 7) is -0.327. The van der Waals surface area contributed by atoms with Gasteiger partial charge in [0, 0.05) is 35.0 Å². The van der Waals surface area contributed by atoms with Gasteiger partial charge in [-0.05, 0) is 0 Å². The van der Waals surface area contributed by atoms with E-state index in [0.717, 1.165) is 20.8 Å². The number of ether oxygens (including phenoxy) is 11. The Morgan fingerprint density at radius 3 is 1.43 bits per heavy atom. The van der Waals surface area contributed by atoms with Gasteiger partial charge in [0.1, 0.15) is 122 Å². The summed E-state index contributed by atoms with van der Waals surface area (Å²) in [6.07, 6.45) is -39.5. The number of methoxy groups -OCH3 is 2. The number of aliphatic hydroxyl groups is 12. The van der Waals surface area contributed by atoms with Crippen molar-refractivity contribution in [3.8, 4) is 0 Å². The fraction of sp³-hybridized carbons (Fsp3) is 0.921. The summed E-state index contributed by atoms with van der Waals surface area (Å²) >= 11 is 1.25. The summed E-state index contributed by atoms with van der Waals surface area (Å²) in [5.74, 6) is -2.06. The van der Waals surface area contributed by atoms with Crippen LogP contribution in [0.4, 0.5) is 0 Å². The van der Waals surface area contributed by atoms with E-state index in [1.54, 1.807) is 0 Å². The molecular weight excluding hydrogens is 1000 g/mol. The van der Waals surface area contributed by atoms with Crippen molar-refractivity contribution in [3.63, 3.8) is 0 Å². The van der Waals surface area contributed by atoms with Crippen molar-refractivity contribution in [2.75, 3.05) is 47.3 Å². The zero-order valence-electron chi connectivity index (χ0n) is 38.1. The zero-order valence-corrected chi connectivity index (χ0v) is 40.1. The second kappa shape index (κ2) is 27.2. The SMILES string of the molecule is COCC1OC(OC2C(O)C(COC3OC(CO)C(O)C(OC)C3O)OC(OC3C(CO)OC(OC4C(CO)OC(NC(C)=O)C(NC(C)=O)C4O)C(NC(C)=O)C3O)C2O)C(O)C(O)C1O.N=[AsH]. The molecule has 0 aromatic heterocycles. The molecule has 0 aliphatic carbocycles. The third-order valence-electron chi connectivity index (χ3n) is 11.9. The van der Waals surface area contributed by atoms with E-state index in [0.29, 0.717) is 0 Å². The van der Waals surface area contributed by atoms with Gasteiger partial charge < -0.3 is 129 Å². The van der Waals surface area contributed by atoms with Gasteiger partial charge in [-0.3, -0.25) is 14.4 Å². The fourth-order valence-corrected chi connectivity index (χ4v) is 8.50. The Balaban J connectivity index is 0.00000511. The molecule has 69 heavy (non-hydrogen) atoms. The molecule has 0 aromatic carbocycles. The first-order valence-electron chi connectivity index (χ1n) is 21.6. The molecule has 0 radical (unpaired) electrons. The number of carbonyl (C=O) groups excluding carboxylic acids is 3. The van der Waals surface area contributed by atoms with Crippen LogP contribution in [0.1, 0.15) is 20.8 Å². The van der Waals surface area contributed by atoms with Crippen molar-refractivity contribution in [1.29, 1.82) is 4.28 Å². The van der Waals surface area contributed by atoms with Crippen LogP contribution >= 0.6 is 0 Å². The molecule has 0 spiro atoms. The summed E-state index contributed by atoms with van der Waals surface area (Å²) in [5.41, 5.74) is 0. The molecule has 25 unspecified atom stereocenters. The van der Waals surface area contributed by atoms with Crippen LogP contribution in [0.5, 0.6) is 0 Å². The topological polar surface area (TPSA) is 455 Å². The second-order valence-electron chi connectivity index (χ2n) is 16.7. The number of aliphatic hydroxyl groups excluding tert-OH is 12. The first kappa shape index (κ1) is 59.4. The van der Waals surface area contributed by atoms with Gasteiger partial charge in [-0.25, -0.2) is 0 Å². The molecule has 0 aromatic rings. The number of carbonyl (C=O) groups is 3. The number of amides is 3.